The Bertz CT molecular complexity index is 1470. The number of para-hydroxylation sites is 2. The molecule has 0 atom stereocenters. The van der Waals surface area contributed by atoms with Crippen molar-refractivity contribution in [3.05, 3.63) is 88.3 Å². The number of ether oxygens (including phenoxy) is 3. The molecule has 35 heavy (non-hydrogen) atoms. The summed E-state index contributed by atoms with van der Waals surface area (Å²) in [5.41, 5.74) is 0.947. The Hall–Kier alpha value is -4.59. The van der Waals surface area contributed by atoms with E-state index in [2.05, 4.69) is 5.32 Å². The minimum absolute atomic E-state index is 0.0582. The standard InChI is InChI=1S/C27H23NO7/c1-16(29)18-7-6-8-19(13-18)28-25(30)15-33-20-11-12-21-24(14-20)34-17(2)27(26(21)31)35-23-10-5-4-9-22(23)32-3/h4-14H,15H2,1-3H3,(H,28,30). The maximum absolute atomic E-state index is 13.1. The molecule has 0 radical (unpaired) electrons. The average molecular weight is 473 g/mol. The summed E-state index contributed by atoms with van der Waals surface area (Å²) >= 11 is 0. The molecule has 0 spiro atoms. The number of ketones is 1. The largest absolute Gasteiger partial charge is 0.493 e. The van der Waals surface area contributed by atoms with E-state index < -0.39 is 5.91 Å². The number of fused-ring (bicyclic) bond motifs is 1. The number of aryl methyl sites for hydroxylation is 1. The van der Waals surface area contributed by atoms with Gasteiger partial charge in [-0.3, -0.25) is 14.4 Å². The van der Waals surface area contributed by atoms with Gasteiger partial charge in [0.25, 0.3) is 5.91 Å². The van der Waals surface area contributed by atoms with Crippen LogP contribution in [-0.2, 0) is 4.79 Å². The van der Waals surface area contributed by atoms with Crippen molar-refractivity contribution in [2.75, 3.05) is 19.0 Å². The van der Waals surface area contributed by atoms with Crippen LogP contribution in [0, 0.1) is 6.92 Å². The summed E-state index contributed by atoms with van der Waals surface area (Å²) in [6.07, 6.45) is 0. The van der Waals surface area contributed by atoms with Crippen molar-refractivity contribution in [2.45, 2.75) is 13.8 Å². The Kier molecular flexibility index (Phi) is 6.82. The molecule has 0 unspecified atom stereocenters. The molecule has 0 aliphatic carbocycles. The van der Waals surface area contributed by atoms with E-state index in [1.807, 2.05) is 0 Å². The van der Waals surface area contributed by atoms with Gasteiger partial charge in [0.1, 0.15) is 17.1 Å². The molecule has 178 valence electrons. The van der Waals surface area contributed by atoms with E-state index in [4.69, 9.17) is 18.6 Å². The summed E-state index contributed by atoms with van der Waals surface area (Å²) in [6, 6.07) is 18.3. The van der Waals surface area contributed by atoms with Crippen LogP contribution >= 0.6 is 0 Å². The second-order valence-electron chi connectivity index (χ2n) is 7.70. The molecule has 0 bridgehead atoms. The first-order valence-electron chi connectivity index (χ1n) is 10.8. The molecule has 0 saturated heterocycles. The summed E-state index contributed by atoms with van der Waals surface area (Å²) in [5.74, 6) is 1.08. The summed E-state index contributed by atoms with van der Waals surface area (Å²) in [7, 11) is 1.52. The Morgan fingerprint density at radius 1 is 0.971 bits per heavy atom. The number of carbonyl (C=O) groups excluding carboxylic acids is 2. The third-order valence-corrected chi connectivity index (χ3v) is 5.19. The summed E-state index contributed by atoms with van der Waals surface area (Å²) in [5, 5.41) is 2.99. The minimum Gasteiger partial charge on any atom is -0.493 e. The molecule has 8 nitrogen and oxygen atoms in total. The summed E-state index contributed by atoms with van der Waals surface area (Å²) in [6.45, 7) is 2.81. The highest BCUT2D eigenvalue weighted by Gasteiger charge is 2.16. The van der Waals surface area contributed by atoms with Gasteiger partial charge < -0.3 is 23.9 Å². The Labute approximate surface area is 201 Å². The van der Waals surface area contributed by atoms with Gasteiger partial charge in [-0.15, -0.1) is 0 Å². The highest BCUT2D eigenvalue weighted by molar-refractivity contribution is 5.97. The molecule has 4 rings (SSSR count). The minimum atomic E-state index is -0.399. The fourth-order valence-electron chi connectivity index (χ4n) is 3.45. The predicted octanol–water partition coefficient (Wildman–Crippen LogP) is 5.12. The van der Waals surface area contributed by atoms with Crippen molar-refractivity contribution < 1.29 is 28.2 Å². The Balaban J connectivity index is 1.49. The second kappa shape index (κ2) is 10.1. The maximum atomic E-state index is 13.1. The molecule has 1 N–H and O–H groups in total. The molecule has 0 aliphatic rings. The van der Waals surface area contributed by atoms with Crippen LogP contribution in [0.5, 0.6) is 23.0 Å². The fourth-order valence-corrected chi connectivity index (χ4v) is 3.45. The van der Waals surface area contributed by atoms with Gasteiger partial charge >= 0.3 is 0 Å². The number of methoxy groups -OCH3 is 1. The first kappa shape index (κ1) is 23.6. The van der Waals surface area contributed by atoms with Crippen LogP contribution in [0.1, 0.15) is 23.0 Å². The first-order chi connectivity index (χ1) is 16.9. The third-order valence-electron chi connectivity index (χ3n) is 5.19. The van der Waals surface area contributed by atoms with Crippen LogP contribution in [-0.4, -0.2) is 25.4 Å². The summed E-state index contributed by atoms with van der Waals surface area (Å²) < 4.78 is 22.5. The van der Waals surface area contributed by atoms with Crippen LogP contribution in [0.4, 0.5) is 5.69 Å². The molecule has 0 aliphatic heterocycles. The number of hydrogen-bond acceptors (Lipinski definition) is 7. The summed E-state index contributed by atoms with van der Waals surface area (Å²) in [4.78, 5) is 36.9. The Morgan fingerprint density at radius 3 is 2.49 bits per heavy atom. The molecular formula is C27H23NO7. The molecule has 0 fully saturated rings. The molecule has 3 aromatic carbocycles. The zero-order valence-electron chi connectivity index (χ0n) is 19.4. The van der Waals surface area contributed by atoms with Crippen LogP contribution in [0.2, 0.25) is 0 Å². The molecule has 8 heteroatoms. The van der Waals surface area contributed by atoms with E-state index in [1.165, 1.54) is 14.0 Å². The molecule has 0 saturated carbocycles. The van der Waals surface area contributed by atoms with Crippen LogP contribution in [0.15, 0.2) is 75.9 Å². The molecule has 1 heterocycles. The third kappa shape index (κ3) is 5.33. The number of carbonyl (C=O) groups is 2. The monoisotopic (exact) mass is 473 g/mol. The van der Waals surface area contributed by atoms with Crippen molar-refractivity contribution in [2.24, 2.45) is 0 Å². The van der Waals surface area contributed by atoms with Crippen molar-refractivity contribution in [3.8, 4) is 23.0 Å². The smallest absolute Gasteiger partial charge is 0.262 e. The van der Waals surface area contributed by atoms with E-state index in [1.54, 1.807) is 73.7 Å². The van der Waals surface area contributed by atoms with Gasteiger partial charge in [0.05, 0.1) is 12.5 Å². The number of hydrogen-bond donors (Lipinski definition) is 1. The normalized spacial score (nSPS) is 10.6. The number of anilines is 1. The SMILES string of the molecule is COc1ccccc1Oc1c(C)oc2cc(OCC(=O)Nc3cccc(C(C)=O)c3)ccc2c1=O. The number of amides is 1. The van der Waals surface area contributed by atoms with Crippen molar-refractivity contribution >= 4 is 28.3 Å². The van der Waals surface area contributed by atoms with E-state index in [0.29, 0.717) is 39.5 Å². The van der Waals surface area contributed by atoms with Gasteiger partial charge in [0, 0.05) is 17.3 Å². The van der Waals surface area contributed by atoms with E-state index in [0.717, 1.165) is 0 Å². The lowest BCUT2D eigenvalue weighted by Gasteiger charge is -2.12. The molecular weight excluding hydrogens is 450 g/mol. The lowest BCUT2D eigenvalue weighted by Crippen LogP contribution is -2.20. The quantitative estimate of drug-likeness (QED) is 0.354. The highest BCUT2D eigenvalue weighted by atomic mass is 16.5. The van der Waals surface area contributed by atoms with Crippen molar-refractivity contribution in [1.29, 1.82) is 0 Å². The van der Waals surface area contributed by atoms with Gasteiger partial charge in [-0.2, -0.15) is 0 Å². The topological polar surface area (TPSA) is 104 Å². The highest BCUT2D eigenvalue weighted by Crippen LogP contribution is 2.32. The van der Waals surface area contributed by atoms with Gasteiger partial charge in [-0.05, 0) is 50.2 Å². The Morgan fingerprint density at radius 2 is 1.74 bits per heavy atom. The van der Waals surface area contributed by atoms with E-state index >= 15 is 0 Å². The van der Waals surface area contributed by atoms with Crippen molar-refractivity contribution in [1.82, 2.24) is 0 Å². The van der Waals surface area contributed by atoms with Gasteiger partial charge in [0.2, 0.25) is 11.2 Å². The number of benzene rings is 3. The van der Waals surface area contributed by atoms with E-state index in [-0.39, 0.29) is 29.3 Å². The van der Waals surface area contributed by atoms with E-state index in [9.17, 15) is 14.4 Å². The lowest BCUT2D eigenvalue weighted by atomic mass is 10.1. The van der Waals surface area contributed by atoms with Crippen LogP contribution in [0.3, 0.4) is 0 Å². The molecule has 4 aromatic rings. The maximum Gasteiger partial charge on any atom is 0.262 e. The predicted molar refractivity (Wildman–Crippen MR) is 131 cm³/mol. The lowest BCUT2D eigenvalue weighted by molar-refractivity contribution is -0.118. The molecule has 1 amide bonds. The number of Topliss-reactive ketones (excluding diaryl/α,β-unsaturated/α-hetero) is 1. The number of rotatable bonds is 8. The molecule has 1 aromatic heterocycles. The number of nitrogens with one attached hydrogen (secondary N) is 1. The van der Waals surface area contributed by atoms with Crippen LogP contribution in [0.25, 0.3) is 11.0 Å². The zero-order chi connectivity index (χ0) is 24.9. The second-order valence-corrected chi connectivity index (χ2v) is 7.70. The van der Waals surface area contributed by atoms with Gasteiger partial charge in [-0.25, -0.2) is 0 Å². The van der Waals surface area contributed by atoms with Gasteiger partial charge in [0.15, 0.2) is 23.9 Å². The van der Waals surface area contributed by atoms with Crippen LogP contribution < -0.4 is 25.0 Å². The first-order valence-corrected chi connectivity index (χ1v) is 10.8. The van der Waals surface area contributed by atoms with Gasteiger partial charge in [-0.1, -0.05) is 24.3 Å². The fraction of sp³-hybridized carbons (Fsp3) is 0.148. The average Bonchev–Trinajstić information content (AvgIpc) is 2.85. The van der Waals surface area contributed by atoms with Crippen molar-refractivity contribution in [3.63, 3.8) is 0 Å². The zero-order valence-corrected chi connectivity index (χ0v) is 19.4.